The molecule has 1 N–H and O–H groups in total. The summed E-state index contributed by atoms with van der Waals surface area (Å²) in [6.07, 6.45) is 3.61. The predicted octanol–water partition coefficient (Wildman–Crippen LogP) is 1.08. The molecule has 2 aliphatic rings. The average Bonchev–Trinajstić information content (AvgIpc) is 2.50. The molecule has 72 valence electrons. The highest BCUT2D eigenvalue weighted by Gasteiger charge is 2.43. The minimum Gasteiger partial charge on any atom is -0.472 e. The molecular weight excluding hydrogens is 168 g/mol. The minimum atomic E-state index is -0.716. The van der Waals surface area contributed by atoms with Crippen molar-refractivity contribution in [3.05, 3.63) is 11.8 Å². The highest BCUT2D eigenvalue weighted by Crippen LogP contribution is 2.44. The van der Waals surface area contributed by atoms with E-state index < -0.39 is 6.29 Å². The fourth-order valence-corrected chi connectivity index (χ4v) is 2.53. The van der Waals surface area contributed by atoms with Crippen LogP contribution in [0.3, 0.4) is 0 Å². The van der Waals surface area contributed by atoms with E-state index in [-0.39, 0.29) is 11.8 Å². The van der Waals surface area contributed by atoms with Gasteiger partial charge < -0.3 is 9.84 Å². The van der Waals surface area contributed by atoms with Gasteiger partial charge in [-0.1, -0.05) is 6.92 Å². The van der Waals surface area contributed by atoms with Gasteiger partial charge in [0.05, 0.1) is 6.26 Å². The number of carbonyl (C=O) groups is 1. The van der Waals surface area contributed by atoms with E-state index in [1.54, 1.807) is 0 Å². The second-order valence-corrected chi connectivity index (χ2v) is 4.00. The minimum absolute atomic E-state index is 0.116. The van der Waals surface area contributed by atoms with Crippen LogP contribution in [0, 0.1) is 17.8 Å². The zero-order valence-electron chi connectivity index (χ0n) is 7.64. The van der Waals surface area contributed by atoms with Gasteiger partial charge in [-0.05, 0) is 24.7 Å². The van der Waals surface area contributed by atoms with Gasteiger partial charge in [-0.2, -0.15) is 0 Å². The van der Waals surface area contributed by atoms with Crippen LogP contribution in [0.25, 0.3) is 0 Å². The second kappa shape index (κ2) is 3.14. The summed E-state index contributed by atoms with van der Waals surface area (Å²) in [6.45, 7) is 2.10. The maximum absolute atomic E-state index is 10.7. The molecule has 0 aromatic heterocycles. The van der Waals surface area contributed by atoms with E-state index in [1.165, 1.54) is 6.26 Å². The van der Waals surface area contributed by atoms with E-state index in [1.807, 2.05) is 0 Å². The Bertz CT molecular complexity index is 247. The largest absolute Gasteiger partial charge is 0.472 e. The van der Waals surface area contributed by atoms with E-state index >= 15 is 0 Å². The highest BCUT2D eigenvalue weighted by atomic mass is 16.6. The molecule has 3 nitrogen and oxygen atoms in total. The first-order valence-corrected chi connectivity index (χ1v) is 4.73. The van der Waals surface area contributed by atoms with Crippen molar-refractivity contribution in [1.82, 2.24) is 0 Å². The van der Waals surface area contributed by atoms with Crippen molar-refractivity contribution in [2.75, 3.05) is 0 Å². The molecular formula is C10H14O3. The van der Waals surface area contributed by atoms with E-state index in [9.17, 15) is 9.90 Å². The number of ether oxygens (including phenoxy) is 1. The third kappa shape index (κ3) is 1.27. The lowest BCUT2D eigenvalue weighted by Crippen LogP contribution is -2.33. The molecule has 1 fully saturated rings. The Morgan fingerprint density at radius 2 is 2.38 bits per heavy atom. The van der Waals surface area contributed by atoms with Crippen molar-refractivity contribution in [1.29, 1.82) is 0 Å². The molecule has 2 rings (SSSR count). The number of aliphatic hydroxyl groups is 1. The second-order valence-electron chi connectivity index (χ2n) is 4.00. The van der Waals surface area contributed by atoms with Crippen LogP contribution in [-0.2, 0) is 9.53 Å². The molecule has 0 amide bonds. The zero-order valence-corrected chi connectivity index (χ0v) is 7.64. The molecule has 1 saturated carbocycles. The Labute approximate surface area is 77.4 Å². The first kappa shape index (κ1) is 8.75. The van der Waals surface area contributed by atoms with Gasteiger partial charge in [0.1, 0.15) is 6.29 Å². The topological polar surface area (TPSA) is 46.5 Å². The number of carbonyl (C=O) groups excluding carboxylic acids is 1. The van der Waals surface area contributed by atoms with Crippen LogP contribution >= 0.6 is 0 Å². The van der Waals surface area contributed by atoms with Crippen LogP contribution in [0.5, 0.6) is 0 Å². The lowest BCUT2D eigenvalue weighted by Gasteiger charge is -2.31. The van der Waals surface area contributed by atoms with Gasteiger partial charge >= 0.3 is 0 Å². The lowest BCUT2D eigenvalue weighted by atomic mass is 9.84. The molecule has 4 atom stereocenters. The summed E-state index contributed by atoms with van der Waals surface area (Å²) in [6, 6.07) is 0. The smallest absolute Gasteiger partial charge is 0.200 e. The van der Waals surface area contributed by atoms with Crippen LogP contribution in [0.4, 0.5) is 0 Å². The molecule has 1 heterocycles. The summed E-state index contributed by atoms with van der Waals surface area (Å²) in [5, 5.41) is 9.58. The predicted molar refractivity (Wildman–Crippen MR) is 46.6 cm³/mol. The number of aliphatic hydroxyl groups excluding tert-OH is 1. The third-order valence-corrected chi connectivity index (χ3v) is 3.29. The Balaban J connectivity index is 2.26. The normalized spacial score (nSPS) is 43.4. The molecule has 0 aromatic rings. The van der Waals surface area contributed by atoms with Gasteiger partial charge in [-0.3, -0.25) is 4.79 Å². The van der Waals surface area contributed by atoms with Crippen molar-refractivity contribution >= 4 is 6.29 Å². The van der Waals surface area contributed by atoms with Crippen molar-refractivity contribution in [2.24, 2.45) is 17.8 Å². The molecule has 0 radical (unpaired) electrons. The summed E-state index contributed by atoms with van der Waals surface area (Å²) in [7, 11) is 0. The summed E-state index contributed by atoms with van der Waals surface area (Å²) in [5.41, 5.74) is 0.708. The molecule has 0 bridgehead atoms. The van der Waals surface area contributed by atoms with Crippen molar-refractivity contribution < 1.29 is 14.6 Å². The average molecular weight is 182 g/mol. The molecule has 3 heteroatoms. The highest BCUT2D eigenvalue weighted by molar-refractivity contribution is 5.74. The maximum atomic E-state index is 10.7. The van der Waals surface area contributed by atoms with Gasteiger partial charge in [0.25, 0.3) is 0 Å². The Kier molecular flexibility index (Phi) is 2.12. The first-order chi connectivity index (χ1) is 6.24. The monoisotopic (exact) mass is 182 g/mol. The van der Waals surface area contributed by atoms with Crippen LogP contribution < -0.4 is 0 Å². The molecule has 0 spiro atoms. The quantitative estimate of drug-likeness (QED) is 0.617. The van der Waals surface area contributed by atoms with Crippen LogP contribution in [0.2, 0.25) is 0 Å². The van der Waals surface area contributed by atoms with Gasteiger partial charge in [0.15, 0.2) is 6.29 Å². The number of aldehydes is 1. The Hall–Kier alpha value is -0.830. The van der Waals surface area contributed by atoms with Crippen LogP contribution in [0.1, 0.15) is 19.8 Å². The zero-order chi connectivity index (χ0) is 9.42. The van der Waals surface area contributed by atoms with Crippen molar-refractivity contribution in [3.8, 4) is 0 Å². The third-order valence-electron chi connectivity index (χ3n) is 3.29. The molecule has 13 heavy (non-hydrogen) atoms. The summed E-state index contributed by atoms with van der Waals surface area (Å²) < 4.78 is 5.03. The summed E-state index contributed by atoms with van der Waals surface area (Å²) in [5.74, 6) is 0.782. The number of fused-ring (bicyclic) bond motifs is 1. The fraction of sp³-hybridized carbons (Fsp3) is 0.700. The van der Waals surface area contributed by atoms with E-state index in [2.05, 4.69) is 6.92 Å². The number of rotatable bonds is 1. The van der Waals surface area contributed by atoms with E-state index in [4.69, 9.17) is 4.74 Å². The number of hydrogen-bond acceptors (Lipinski definition) is 3. The maximum Gasteiger partial charge on any atom is 0.200 e. The fourth-order valence-electron chi connectivity index (χ4n) is 2.53. The van der Waals surface area contributed by atoms with Gasteiger partial charge in [0.2, 0.25) is 0 Å². The summed E-state index contributed by atoms with van der Waals surface area (Å²) >= 11 is 0. The van der Waals surface area contributed by atoms with Gasteiger partial charge in [0, 0.05) is 11.5 Å². The molecule has 1 aliphatic heterocycles. The van der Waals surface area contributed by atoms with E-state index in [0.29, 0.717) is 11.5 Å². The first-order valence-electron chi connectivity index (χ1n) is 4.73. The summed E-state index contributed by atoms with van der Waals surface area (Å²) in [4.78, 5) is 10.7. The Morgan fingerprint density at radius 1 is 1.62 bits per heavy atom. The number of hydrogen-bond donors (Lipinski definition) is 1. The Morgan fingerprint density at radius 3 is 3.08 bits per heavy atom. The van der Waals surface area contributed by atoms with Gasteiger partial charge in [-0.25, -0.2) is 0 Å². The standard InChI is InChI=1S/C10H14O3/c1-6-2-3-8-7(4-11)5-13-10(12)9(6)8/h4-6,8-10,12H,2-3H2,1H3/t6-,8-,9-,10-/m1/s1. The van der Waals surface area contributed by atoms with Crippen molar-refractivity contribution in [2.45, 2.75) is 26.1 Å². The lowest BCUT2D eigenvalue weighted by molar-refractivity contribution is -0.125. The van der Waals surface area contributed by atoms with E-state index in [0.717, 1.165) is 19.1 Å². The van der Waals surface area contributed by atoms with Gasteiger partial charge in [-0.15, -0.1) is 0 Å². The molecule has 0 saturated heterocycles. The molecule has 0 aromatic carbocycles. The molecule has 1 aliphatic carbocycles. The van der Waals surface area contributed by atoms with Crippen LogP contribution in [0.15, 0.2) is 11.8 Å². The van der Waals surface area contributed by atoms with Crippen LogP contribution in [-0.4, -0.2) is 17.7 Å². The molecule has 0 unspecified atom stereocenters. The number of allylic oxidation sites excluding steroid dienone is 1. The van der Waals surface area contributed by atoms with Crippen molar-refractivity contribution in [3.63, 3.8) is 0 Å². The SMILES string of the molecule is C[C@@H]1CC[C@@H]2C(C=O)=CO[C@@H](O)[C@H]12.